The van der Waals surface area contributed by atoms with E-state index in [1.165, 1.54) is 23.9 Å². The number of methoxy groups -OCH3 is 1. The average molecular weight is 198 g/mol. The Bertz CT molecular complexity index is 369. The van der Waals surface area contributed by atoms with Gasteiger partial charge in [0.1, 0.15) is 5.69 Å². The van der Waals surface area contributed by atoms with Gasteiger partial charge in [0, 0.05) is 23.7 Å². The van der Waals surface area contributed by atoms with Crippen LogP contribution in [0.1, 0.15) is 16.1 Å². The number of aromatic nitrogens is 1. The van der Waals surface area contributed by atoms with Gasteiger partial charge in [-0.3, -0.25) is 10.1 Å². The fourth-order valence-corrected chi connectivity index (χ4v) is 1.18. The van der Waals surface area contributed by atoms with Crippen molar-refractivity contribution in [3.05, 3.63) is 33.6 Å². The first-order chi connectivity index (χ1) is 6.54. The number of hydrogen-bond donors (Lipinski definition) is 0. The Balaban J connectivity index is 2.93. The summed E-state index contributed by atoms with van der Waals surface area (Å²) in [4.78, 5) is 20.9. The first kappa shape index (κ1) is 10.2. The summed E-state index contributed by atoms with van der Waals surface area (Å²) in [7, 11) is 2.90. The minimum atomic E-state index is -0.498. The standard InChI is InChI=1S/C8H10N2O4/c1-9-4-6(5-10(12)13)3-7(9)8(11)14-2/h3-4H,5H2,1-2H3. The summed E-state index contributed by atoms with van der Waals surface area (Å²) in [5, 5.41) is 10.2. The van der Waals surface area contributed by atoms with E-state index >= 15 is 0 Å². The zero-order chi connectivity index (χ0) is 10.7. The van der Waals surface area contributed by atoms with Crippen molar-refractivity contribution in [1.82, 2.24) is 4.57 Å². The highest BCUT2D eigenvalue weighted by atomic mass is 16.6. The Labute approximate surface area is 80.2 Å². The topological polar surface area (TPSA) is 74.4 Å². The third-order valence-corrected chi connectivity index (χ3v) is 1.77. The lowest BCUT2D eigenvalue weighted by atomic mass is 10.3. The summed E-state index contributed by atoms with van der Waals surface area (Å²) in [6, 6.07) is 1.45. The van der Waals surface area contributed by atoms with Crippen LogP contribution in [0.2, 0.25) is 0 Å². The first-order valence-electron chi connectivity index (χ1n) is 3.90. The zero-order valence-corrected chi connectivity index (χ0v) is 7.89. The van der Waals surface area contributed by atoms with Gasteiger partial charge in [-0.2, -0.15) is 0 Å². The molecule has 0 aliphatic heterocycles. The molecule has 0 saturated heterocycles. The van der Waals surface area contributed by atoms with E-state index < -0.39 is 10.9 Å². The maximum Gasteiger partial charge on any atom is 0.354 e. The molecule has 0 fully saturated rings. The lowest BCUT2D eigenvalue weighted by Crippen LogP contribution is -2.06. The summed E-state index contributed by atoms with van der Waals surface area (Å²) >= 11 is 0. The van der Waals surface area contributed by atoms with Crippen molar-refractivity contribution < 1.29 is 14.5 Å². The number of esters is 1. The van der Waals surface area contributed by atoms with Gasteiger partial charge >= 0.3 is 5.97 Å². The smallest absolute Gasteiger partial charge is 0.354 e. The van der Waals surface area contributed by atoms with E-state index in [9.17, 15) is 14.9 Å². The summed E-state index contributed by atoms with van der Waals surface area (Å²) < 4.78 is 6.01. The molecule has 0 amide bonds. The molecule has 0 N–H and O–H groups in total. The predicted molar refractivity (Wildman–Crippen MR) is 47.5 cm³/mol. The maximum absolute atomic E-state index is 11.1. The number of carbonyl (C=O) groups is 1. The van der Waals surface area contributed by atoms with Gasteiger partial charge < -0.3 is 9.30 Å². The molecule has 76 valence electrons. The monoisotopic (exact) mass is 198 g/mol. The molecule has 0 bridgehead atoms. The summed E-state index contributed by atoms with van der Waals surface area (Å²) in [5.74, 6) is -0.498. The number of hydrogen-bond acceptors (Lipinski definition) is 4. The molecule has 6 nitrogen and oxygen atoms in total. The number of rotatable bonds is 3. The van der Waals surface area contributed by atoms with Crippen LogP contribution in [0.25, 0.3) is 0 Å². The van der Waals surface area contributed by atoms with E-state index in [0.717, 1.165) is 0 Å². The second kappa shape index (κ2) is 3.91. The minimum Gasteiger partial charge on any atom is -0.464 e. The zero-order valence-electron chi connectivity index (χ0n) is 7.89. The molecule has 0 radical (unpaired) electrons. The van der Waals surface area contributed by atoms with E-state index in [2.05, 4.69) is 4.74 Å². The van der Waals surface area contributed by atoms with Gasteiger partial charge in [0.15, 0.2) is 0 Å². The molecule has 0 aliphatic rings. The van der Waals surface area contributed by atoms with Crippen LogP contribution in [0, 0.1) is 10.1 Å². The molecule has 1 rings (SSSR count). The van der Waals surface area contributed by atoms with Crippen molar-refractivity contribution >= 4 is 5.97 Å². The van der Waals surface area contributed by atoms with Crippen molar-refractivity contribution in [3.8, 4) is 0 Å². The normalized spacial score (nSPS) is 9.86. The van der Waals surface area contributed by atoms with Crippen molar-refractivity contribution in [1.29, 1.82) is 0 Å². The Hall–Kier alpha value is -1.85. The van der Waals surface area contributed by atoms with Gasteiger partial charge in [0.25, 0.3) is 0 Å². The molecule has 0 saturated carbocycles. The SMILES string of the molecule is COC(=O)c1cc(C[N+](=O)[O-])cn1C. The molecule has 1 aromatic rings. The van der Waals surface area contributed by atoms with Gasteiger partial charge in [0.2, 0.25) is 6.54 Å². The van der Waals surface area contributed by atoms with E-state index in [0.29, 0.717) is 11.3 Å². The molecule has 0 atom stereocenters. The molecule has 0 aliphatic carbocycles. The van der Waals surface area contributed by atoms with Crippen LogP contribution in [0.15, 0.2) is 12.3 Å². The number of aryl methyl sites for hydroxylation is 1. The first-order valence-corrected chi connectivity index (χ1v) is 3.90. The lowest BCUT2D eigenvalue weighted by Gasteiger charge is -1.98. The van der Waals surface area contributed by atoms with Gasteiger partial charge in [-0.1, -0.05) is 0 Å². The van der Waals surface area contributed by atoms with Crippen molar-refractivity contribution in [2.24, 2.45) is 7.05 Å². The maximum atomic E-state index is 11.1. The lowest BCUT2D eigenvalue weighted by molar-refractivity contribution is -0.496. The van der Waals surface area contributed by atoms with Crippen molar-refractivity contribution in [2.45, 2.75) is 6.54 Å². The van der Waals surface area contributed by atoms with Gasteiger partial charge in [0.05, 0.1) is 7.11 Å². The summed E-state index contributed by atoms with van der Waals surface area (Å²) in [6.07, 6.45) is 1.54. The quantitative estimate of drug-likeness (QED) is 0.404. The Morgan fingerprint density at radius 1 is 1.71 bits per heavy atom. The fraction of sp³-hybridized carbons (Fsp3) is 0.375. The Morgan fingerprint density at radius 2 is 2.36 bits per heavy atom. The van der Waals surface area contributed by atoms with Gasteiger partial charge in [-0.15, -0.1) is 0 Å². The van der Waals surface area contributed by atoms with Gasteiger partial charge in [-0.25, -0.2) is 4.79 Å². The van der Waals surface area contributed by atoms with E-state index in [-0.39, 0.29) is 6.54 Å². The molecule has 14 heavy (non-hydrogen) atoms. The van der Waals surface area contributed by atoms with Crippen molar-refractivity contribution in [2.75, 3.05) is 7.11 Å². The number of carbonyl (C=O) groups excluding carboxylic acids is 1. The van der Waals surface area contributed by atoms with E-state index in [1.54, 1.807) is 7.05 Å². The molecule has 0 unspecified atom stereocenters. The van der Waals surface area contributed by atoms with Gasteiger partial charge in [-0.05, 0) is 6.07 Å². The van der Waals surface area contributed by atoms with Crippen LogP contribution >= 0.6 is 0 Å². The molecule has 0 spiro atoms. The summed E-state index contributed by atoms with van der Waals surface area (Å²) in [6.45, 7) is -0.287. The van der Waals surface area contributed by atoms with Crippen LogP contribution in [0.5, 0.6) is 0 Å². The second-order valence-corrected chi connectivity index (χ2v) is 2.83. The third-order valence-electron chi connectivity index (χ3n) is 1.77. The number of ether oxygens (including phenoxy) is 1. The molecule has 6 heteroatoms. The number of nitrogens with zero attached hydrogens (tertiary/aromatic N) is 2. The van der Waals surface area contributed by atoms with Crippen LogP contribution in [0.3, 0.4) is 0 Å². The molecule has 1 heterocycles. The van der Waals surface area contributed by atoms with Crippen LogP contribution < -0.4 is 0 Å². The summed E-state index contributed by atoms with van der Waals surface area (Å²) in [5.41, 5.74) is 0.794. The van der Waals surface area contributed by atoms with E-state index in [1.807, 2.05) is 0 Å². The van der Waals surface area contributed by atoms with Crippen LogP contribution in [-0.2, 0) is 18.3 Å². The third kappa shape index (κ3) is 2.09. The van der Waals surface area contributed by atoms with Crippen molar-refractivity contribution in [3.63, 3.8) is 0 Å². The highest BCUT2D eigenvalue weighted by Crippen LogP contribution is 2.09. The average Bonchev–Trinajstić information content (AvgIpc) is 2.44. The predicted octanol–water partition coefficient (Wildman–Crippen LogP) is 0.588. The largest absolute Gasteiger partial charge is 0.464 e. The Kier molecular flexibility index (Phi) is 2.85. The minimum absolute atomic E-state index is 0.287. The fourth-order valence-electron chi connectivity index (χ4n) is 1.18. The second-order valence-electron chi connectivity index (χ2n) is 2.83. The highest BCUT2D eigenvalue weighted by Gasteiger charge is 2.13. The number of nitro groups is 1. The molecule has 1 aromatic heterocycles. The van der Waals surface area contributed by atoms with E-state index in [4.69, 9.17) is 0 Å². The molecular formula is C8H10N2O4. The molecular weight excluding hydrogens is 188 g/mol. The Morgan fingerprint density at radius 3 is 2.86 bits per heavy atom. The van der Waals surface area contributed by atoms with Crippen LogP contribution in [0.4, 0.5) is 0 Å². The highest BCUT2D eigenvalue weighted by molar-refractivity contribution is 5.87. The molecule has 0 aromatic carbocycles. The van der Waals surface area contributed by atoms with Crippen LogP contribution in [-0.4, -0.2) is 22.6 Å².